The van der Waals surface area contributed by atoms with Crippen molar-refractivity contribution in [2.45, 2.75) is 0 Å². The summed E-state index contributed by atoms with van der Waals surface area (Å²) in [5.74, 6) is -2.18. The summed E-state index contributed by atoms with van der Waals surface area (Å²) in [5.41, 5.74) is 0.0423. The molecule has 2 aromatic carbocycles. The Morgan fingerprint density at radius 3 is 2.83 bits per heavy atom. The fourth-order valence-corrected chi connectivity index (χ4v) is 2.44. The molecule has 2 aromatic rings. The molecule has 0 unspecified atom stereocenters. The van der Waals surface area contributed by atoms with Crippen molar-refractivity contribution < 1.29 is 23.1 Å². The number of halogens is 3. The average Bonchev–Trinajstić information content (AvgIpc) is 2.54. The Bertz CT molecular complexity index is 829. The van der Waals surface area contributed by atoms with Gasteiger partial charge in [0.2, 0.25) is 5.91 Å². The quantitative estimate of drug-likeness (QED) is 0.924. The lowest BCUT2D eigenvalue weighted by molar-refractivity contribution is -0.123. The van der Waals surface area contributed by atoms with Gasteiger partial charge in [0.25, 0.3) is 5.91 Å². The number of carbonyl (C=O) groups excluding carboxylic acids is 2. The molecule has 5 nitrogen and oxygen atoms in total. The molecule has 8 heteroatoms. The molecule has 0 radical (unpaired) electrons. The molecule has 24 heavy (non-hydrogen) atoms. The van der Waals surface area contributed by atoms with Crippen molar-refractivity contribution in [1.82, 2.24) is 0 Å². The maximum Gasteiger partial charge on any atom is 0.265 e. The zero-order valence-electron chi connectivity index (χ0n) is 12.2. The number of amides is 2. The highest BCUT2D eigenvalue weighted by Gasteiger charge is 2.27. The highest BCUT2D eigenvalue weighted by Crippen LogP contribution is 2.34. The number of anilines is 2. The summed E-state index contributed by atoms with van der Waals surface area (Å²) in [6.07, 6.45) is 0. The zero-order valence-corrected chi connectivity index (χ0v) is 12.9. The van der Waals surface area contributed by atoms with Crippen molar-refractivity contribution in [3.05, 3.63) is 53.1 Å². The second-order valence-electron chi connectivity index (χ2n) is 5.05. The fraction of sp³-hybridized carbons (Fsp3) is 0.125. The van der Waals surface area contributed by atoms with Gasteiger partial charge in [0.05, 0.1) is 11.4 Å². The molecule has 0 aromatic heterocycles. The Labute approximate surface area is 140 Å². The monoisotopic (exact) mass is 352 g/mol. The third-order valence-corrected chi connectivity index (χ3v) is 3.60. The Hall–Kier alpha value is -2.67. The molecule has 1 heterocycles. The van der Waals surface area contributed by atoms with E-state index in [9.17, 15) is 18.4 Å². The van der Waals surface area contributed by atoms with Crippen LogP contribution in [0.15, 0.2) is 36.4 Å². The van der Waals surface area contributed by atoms with Gasteiger partial charge in [-0.25, -0.2) is 8.78 Å². The molecule has 124 valence electrons. The molecule has 3 rings (SSSR count). The lowest BCUT2D eigenvalue weighted by Crippen LogP contribution is -2.43. The van der Waals surface area contributed by atoms with Gasteiger partial charge < -0.3 is 10.1 Å². The van der Waals surface area contributed by atoms with Crippen molar-refractivity contribution in [3.63, 3.8) is 0 Å². The van der Waals surface area contributed by atoms with Gasteiger partial charge in [-0.3, -0.25) is 14.5 Å². The van der Waals surface area contributed by atoms with Crippen LogP contribution in [0.4, 0.5) is 20.2 Å². The summed E-state index contributed by atoms with van der Waals surface area (Å²) in [6, 6.07) is 7.37. The van der Waals surface area contributed by atoms with Crippen LogP contribution in [0, 0.1) is 11.6 Å². The van der Waals surface area contributed by atoms with E-state index in [1.165, 1.54) is 11.0 Å². The van der Waals surface area contributed by atoms with Crippen molar-refractivity contribution in [2.24, 2.45) is 0 Å². The zero-order chi connectivity index (χ0) is 17.3. The number of nitrogens with zero attached hydrogens (tertiary/aromatic N) is 1. The van der Waals surface area contributed by atoms with Crippen LogP contribution >= 0.6 is 11.6 Å². The smallest absolute Gasteiger partial charge is 0.265 e. The molecular weight excluding hydrogens is 342 g/mol. The van der Waals surface area contributed by atoms with Crippen LogP contribution in [0.3, 0.4) is 0 Å². The molecule has 0 saturated heterocycles. The number of ether oxygens (including phenoxy) is 1. The van der Waals surface area contributed by atoms with Crippen LogP contribution in [0.25, 0.3) is 0 Å². The number of hydrogen-bond donors (Lipinski definition) is 1. The van der Waals surface area contributed by atoms with E-state index in [1.54, 1.807) is 12.1 Å². The van der Waals surface area contributed by atoms with Gasteiger partial charge in [-0.05, 0) is 30.3 Å². The summed E-state index contributed by atoms with van der Waals surface area (Å²) < 4.78 is 32.0. The van der Waals surface area contributed by atoms with E-state index in [1.807, 2.05) is 0 Å². The predicted octanol–water partition coefficient (Wildman–Crippen LogP) is 2.98. The van der Waals surface area contributed by atoms with Crippen molar-refractivity contribution in [2.75, 3.05) is 23.4 Å². The Kier molecular flexibility index (Phi) is 4.35. The number of benzene rings is 2. The maximum atomic E-state index is 13.6. The molecular formula is C16H11ClF2N2O3. The summed E-state index contributed by atoms with van der Waals surface area (Å²) in [7, 11) is 0. The van der Waals surface area contributed by atoms with E-state index in [2.05, 4.69) is 5.32 Å². The van der Waals surface area contributed by atoms with Crippen molar-refractivity contribution in [3.8, 4) is 5.75 Å². The first-order valence-corrected chi connectivity index (χ1v) is 7.29. The van der Waals surface area contributed by atoms with Crippen LogP contribution in [-0.2, 0) is 9.59 Å². The largest absolute Gasteiger partial charge is 0.482 e. The Morgan fingerprint density at radius 1 is 1.25 bits per heavy atom. The SMILES string of the molecule is O=C(CN1C(=O)COc2ccc(Cl)cc21)Nc1cc(F)ccc1F. The lowest BCUT2D eigenvalue weighted by Gasteiger charge is -2.29. The third-order valence-electron chi connectivity index (χ3n) is 3.37. The van der Waals surface area contributed by atoms with Crippen LogP contribution in [-0.4, -0.2) is 25.0 Å². The average molecular weight is 353 g/mol. The minimum absolute atomic E-state index is 0.226. The van der Waals surface area contributed by atoms with Gasteiger partial charge in [-0.15, -0.1) is 0 Å². The fourth-order valence-electron chi connectivity index (χ4n) is 2.28. The topological polar surface area (TPSA) is 58.6 Å². The van der Waals surface area contributed by atoms with E-state index >= 15 is 0 Å². The third kappa shape index (κ3) is 3.30. The molecule has 0 fully saturated rings. The molecule has 0 saturated carbocycles. The van der Waals surface area contributed by atoms with Crippen molar-refractivity contribution in [1.29, 1.82) is 0 Å². The van der Waals surface area contributed by atoms with E-state index in [0.29, 0.717) is 16.5 Å². The van der Waals surface area contributed by atoms with Crippen LogP contribution in [0.2, 0.25) is 5.02 Å². The van der Waals surface area contributed by atoms with Gasteiger partial charge in [0, 0.05) is 11.1 Å². The van der Waals surface area contributed by atoms with Crippen LogP contribution < -0.4 is 15.0 Å². The highest BCUT2D eigenvalue weighted by molar-refractivity contribution is 6.31. The van der Waals surface area contributed by atoms with Gasteiger partial charge in [-0.2, -0.15) is 0 Å². The van der Waals surface area contributed by atoms with Crippen LogP contribution in [0.1, 0.15) is 0 Å². The Morgan fingerprint density at radius 2 is 2.04 bits per heavy atom. The molecule has 1 N–H and O–H groups in total. The maximum absolute atomic E-state index is 13.6. The second kappa shape index (κ2) is 6.45. The van der Waals surface area contributed by atoms with E-state index in [-0.39, 0.29) is 18.8 Å². The molecule has 1 aliphatic heterocycles. The molecule has 0 bridgehead atoms. The van der Waals surface area contributed by atoms with Gasteiger partial charge in [0.15, 0.2) is 6.61 Å². The highest BCUT2D eigenvalue weighted by atomic mass is 35.5. The minimum atomic E-state index is -0.776. The number of nitrogens with one attached hydrogen (secondary N) is 1. The Balaban J connectivity index is 1.80. The number of hydrogen-bond acceptors (Lipinski definition) is 3. The van der Waals surface area contributed by atoms with Crippen molar-refractivity contribution >= 4 is 34.8 Å². The van der Waals surface area contributed by atoms with Gasteiger partial charge in [-0.1, -0.05) is 11.6 Å². The first-order valence-electron chi connectivity index (χ1n) is 6.91. The molecule has 0 atom stereocenters. The van der Waals surface area contributed by atoms with E-state index < -0.39 is 23.4 Å². The molecule has 1 aliphatic rings. The normalized spacial score (nSPS) is 13.3. The van der Waals surface area contributed by atoms with E-state index in [0.717, 1.165) is 18.2 Å². The number of rotatable bonds is 3. The van der Waals surface area contributed by atoms with E-state index in [4.69, 9.17) is 16.3 Å². The lowest BCUT2D eigenvalue weighted by atomic mass is 10.2. The second-order valence-corrected chi connectivity index (χ2v) is 5.49. The molecule has 0 spiro atoms. The van der Waals surface area contributed by atoms with Crippen LogP contribution in [0.5, 0.6) is 5.75 Å². The first kappa shape index (κ1) is 16.2. The summed E-state index contributed by atoms with van der Waals surface area (Å²) >= 11 is 5.91. The summed E-state index contributed by atoms with van der Waals surface area (Å²) in [6.45, 7) is -0.609. The summed E-state index contributed by atoms with van der Waals surface area (Å²) in [4.78, 5) is 25.3. The predicted molar refractivity (Wildman–Crippen MR) is 84.3 cm³/mol. The summed E-state index contributed by atoms with van der Waals surface area (Å²) in [5, 5.41) is 2.61. The molecule has 0 aliphatic carbocycles. The number of fused-ring (bicyclic) bond motifs is 1. The number of carbonyl (C=O) groups is 2. The minimum Gasteiger partial charge on any atom is -0.482 e. The van der Waals surface area contributed by atoms with Gasteiger partial charge in [0.1, 0.15) is 23.9 Å². The standard InChI is InChI=1S/C16H11ClF2N2O3/c17-9-1-4-14-13(5-9)21(16(23)8-24-14)7-15(22)20-12-6-10(18)2-3-11(12)19/h1-6H,7-8H2,(H,20,22). The molecule has 2 amide bonds. The van der Waals surface area contributed by atoms with Gasteiger partial charge >= 0.3 is 0 Å². The first-order chi connectivity index (χ1) is 11.4.